The van der Waals surface area contributed by atoms with Gasteiger partial charge in [0, 0.05) is 17.8 Å². The number of esters is 2. The molecule has 10 nitrogen and oxygen atoms in total. The third-order valence-corrected chi connectivity index (χ3v) is 14.7. The summed E-state index contributed by atoms with van der Waals surface area (Å²) in [5, 5.41) is 31.7. The highest BCUT2D eigenvalue weighted by Crippen LogP contribution is 2.75. The Bertz CT molecular complexity index is 1300. The number of aliphatic carboxylic acids is 1. The molecule has 3 N–H and O–H groups in total. The van der Waals surface area contributed by atoms with Crippen LogP contribution in [0.15, 0.2) is 11.6 Å². The van der Waals surface area contributed by atoms with E-state index in [1.54, 1.807) is 0 Å². The summed E-state index contributed by atoms with van der Waals surface area (Å²) in [7, 11) is 1.13. The van der Waals surface area contributed by atoms with Crippen LogP contribution in [0.4, 0.5) is 0 Å². The molecule has 0 aromatic carbocycles. The maximum absolute atomic E-state index is 13.3. The number of carbonyl (C=O) groups excluding carboxylic acids is 2. The molecule has 5 rings (SSSR count). The van der Waals surface area contributed by atoms with Gasteiger partial charge in [-0.15, -0.1) is 0 Å². The molecule has 2 bridgehead atoms. The molecule has 2 unspecified atom stereocenters. The van der Waals surface area contributed by atoms with Gasteiger partial charge in [0.2, 0.25) is 5.60 Å². The average molecular weight is 663 g/mol. The molecular weight excluding hydrogens is 604 g/mol. The predicted octanol–water partition coefficient (Wildman–Crippen LogP) is 4.79. The Morgan fingerprint density at radius 1 is 1.06 bits per heavy atom. The van der Waals surface area contributed by atoms with Crippen LogP contribution in [0.5, 0.6) is 0 Å². The minimum Gasteiger partial charge on any atom is -0.481 e. The van der Waals surface area contributed by atoms with Crippen molar-refractivity contribution in [2.45, 2.75) is 112 Å². The summed E-state index contributed by atoms with van der Waals surface area (Å²) in [5.41, 5.74) is -3.09. The van der Waals surface area contributed by atoms with Crippen molar-refractivity contribution in [2.24, 2.45) is 56.7 Å². The Kier molecular flexibility index (Phi) is 9.33. The summed E-state index contributed by atoms with van der Waals surface area (Å²) in [5.74, 6) is -1.79. The molecule has 0 spiro atoms. The number of allylic oxidation sites excluding steroid dienone is 1. The molecule has 0 aromatic rings. The van der Waals surface area contributed by atoms with Crippen LogP contribution < -0.4 is 0 Å². The standard InChI is InChI=1S/C37H58O10/c1-21(2)22(3)32(5)14-15-34(7)24-10-11-27-33(6)18-45-19-36(27,25(24)12-13-35(34,8)28(32)30(40)41)16-26(47-23(4)39)29(33)46-20-37(43,17-38)31(42)44-9/h12,21-22,24,26-29,38,43H,10-11,13-20H2,1-9H3,(H,40,41)/t22-,24+,26-,27+,28-,29+,32-,33?,34-,35+,36+,37?/m1/s1. The van der Waals surface area contributed by atoms with E-state index in [9.17, 15) is 29.7 Å². The molecule has 1 heterocycles. The van der Waals surface area contributed by atoms with Gasteiger partial charge < -0.3 is 34.3 Å². The Morgan fingerprint density at radius 2 is 1.74 bits per heavy atom. The summed E-state index contributed by atoms with van der Waals surface area (Å²) >= 11 is 0. The lowest BCUT2D eigenvalue weighted by Crippen LogP contribution is -2.70. The molecule has 5 aliphatic rings. The van der Waals surface area contributed by atoms with Gasteiger partial charge in [-0.25, -0.2) is 4.79 Å². The van der Waals surface area contributed by atoms with Crippen LogP contribution >= 0.6 is 0 Å². The number of hydrogen-bond acceptors (Lipinski definition) is 9. The molecule has 12 atom stereocenters. The van der Waals surface area contributed by atoms with Crippen molar-refractivity contribution in [2.75, 3.05) is 33.5 Å². The normalized spacial score (nSPS) is 44.5. The quantitative estimate of drug-likeness (QED) is 0.233. The van der Waals surface area contributed by atoms with Crippen LogP contribution in [0.2, 0.25) is 0 Å². The van der Waals surface area contributed by atoms with Crippen LogP contribution in [-0.4, -0.2) is 84.6 Å². The van der Waals surface area contributed by atoms with Crippen molar-refractivity contribution in [1.29, 1.82) is 0 Å². The molecular formula is C37H58O10. The van der Waals surface area contributed by atoms with Crippen molar-refractivity contribution in [1.82, 2.24) is 0 Å². The van der Waals surface area contributed by atoms with E-state index in [-0.39, 0.29) is 28.6 Å². The first-order chi connectivity index (χ1) is 21.8. The number of aliphatic hydroxyl groups excluding tert-OH is 1. The molecule has 0 amide bonds. The fourth-order valence-corrected chi connectivity index (χ4v) is 11.8. The third kappa shape index (κ3) is 5.13. The smallest absolute Gasteiger partial charge is 0.342 e. The first kappa shape index (κ1) is 36.3. The Morgan fingerprint density at radius 3 is 2.32 bits per heavy atom. The molecule has 3 saturated carbocycles. The van der Waals surface area contributed by atoms with Crippen LogP contribution in [0.3, 0.4) is 0 Å². The summed E-state index contributed by atoms with van der Waals surface area (Å²) < 4.78 is 23.5. The zero-order chi connectivity index (χ0) is 35.0. The molecule has 47 heavy (non-hydrogen) atoms. The van der Waals surface area contributed by atoms with Crippen molar-refractivity contribution < 1.29 is 48.7 Å². The van der Waals surface area contributed by atoms with E-state index in [0.29, 0.717) is 32.0 Å². The van der Waals surface area contributed by atoms with E-state index in [1.165, 1.54) is 12.5 Å². The molecule has 4 fully saturated rings. The highest BCUT2D eigenvalue weighted by atomic mass is 16.6. The lowest BCUT2D eigenvalue weighted by Gasteiger charge is -2.71. The Labute approximate surface area is 279 Å². The van der Waals surface area contributed by atoms with E-state index in [0.717, 1.165) is 32.8 Å². The second-order valence-electron chi connectivity index (χ2n) is 17.1. The average Bonchev–Trinajstić information content (AvgIpc) is 2.99. The Hall–Kier alpha value is -2.01. The van der Waals surface area contributed by atoms with Crippen LogP contribution in [-0.2, 0) is 33.3 Å². The summed E-state index contributed by atoms with van der Waals surface area (Å²) in [6.07, 6.45) is 5.59. The van der Waals surface area contributed by atoms with Gasteiger partial charge in [0.05, 0.1) is 39.5 Å². The van der Waals surface area contributed by atoms with Crippen LogP contribution in [0, 0.1) is 56.7 Å². The van der Waals surface area contributed by atoms with Gasteiger partial charge in [-0.3, -0.25) is 9.59 Å². The zero-order valence-electron chi connectivity index (χ0n) is 29.9. The van der Waals surface area contributed by atoms with Gasteiger partial charge in [0.25, 0.3) is 0 Å². The zero-order valence-corrected chi connectivity index (χ0v) is 29.9. The predicted molar refractivity (Wildman–Crippen MR) is 173 cm³/mol. The fraction of sp³-hybridized carbons (Fsp3) is 0.865. The highest BCUT2D eigenvalue weighted by Gasteiger charge is 2.72. The summed E-state index contributed by atoms with van der Waals surface area (Å²) in [6, 6.07) is 0. The number of hydrogen-bond donors (Lipinski definition) is 3. The maximum Gasteiger partial charge on any atom is 0.342 e. The highest BCUT2D eigenvalue weighted by molar-refractivity contribution is 5.79. The third-order valence-electron chi connectivity index (χ3n) is 14.7. The maximum atomic E-state index is 13.3. The van der Waals surface area contributed by atoms with Gasteiger partial charge in [-0.05, 0) is 78.4 Å². The second kappa shape index (κ2) is 12.1. The number of rotatable bonds is 9. The largest absolute Gasteiger partial charge is 0.481 e. The number of methoxy groups -OCH3 is 1. The van der Waals surface area contributed by atoms with Crippen LogP contribution in [0.25, 0.3) is 0 Å². The minimum atomic E-state index is -2.26. The van der Waals surface area contributed by atoms with Gasteiger partial charge in [0.15, 0.2) is 0 Å². The molecule has 266 valence electrons. The number of carboxylic acids is 1. The number of fused-ring (bicyclic) bond motifs is 3. The van der Waals surface area contributed by atoms with Crippen molar-refractivity contribution in [3.63, 3.8) is 0 Å². The van der Waals surface area contributed by atoms with Crippen molar-refractivity contribution in [3.05, 3.63) is 11.6 Å². The van der Waals surface area contributed by atoms with Crippen molar-refractivity contribution in [3.8, 4) is 0 Å². The molecule has 10 heteroatoms. The molecule has 0 radical (unpaired) electrons. The van der Waals surface area contributed by atoms with E-state index < -0.39 is 71.1 Å². The monoisotopic (exact) mass is 662 g/mol. The van der Waals surface area contributed by atoms with E-state index in [2.05, 4.69) is 54.5 Å². The van der Waals surface area contributed by atoms with Gasteiger partial charge in [-0.1, -0.05) is 60.1 Å². The van der Waals surface area contributed by atoms with Gasteiger partial charge >= 0.3 is 17.9 Å². The molecule has 0 aromatic heterocycles. The Balaban J connectivity index is 1.57. The summed E-state index contributed by atoms with van der Waals surface area (Å²) in [4.78, 5) is 38.2. The molecule has 4 aliphatic carbocycles. The molecule has 1 saturated heterocycles. The second-order valence-corrected chi connectivity index (χ2v) is 17.1. The number of ether oxygens (including phenoxy) is 4. The lowest BCUT2D eigenvalue weighted by molar-refractivity contribution is -0.274. The number of carbonyl (C=O) groups is 3. The van der Waals surface area contributed by atoms with E-state index in [4.69, 9.17) is 18.9 Å². The first-order valence-corrected chi connectivity index (χ1v) is 17.5. The first-order valence-electron chi connectivity index (χ1n) is 17.5. The SMILES string of the molecule is COC(=O)C(O)(CO)CO[C@H]1[C@H](OC(C)=O)C[C@@]23COCC1(C)[C@@H]2CC[C@H]1C3=CC[C@@]2(C)[C@H](C(=O)O)[C@@](C)([C@H](C)C(C)C)CC[C@]12C. The van der Waals surface area contributed by atoms with Gasteiger partial charge in [0.1, 0.15) is 12.2 Å². The summed E-state index contributed by atoms with van der Waals surface area (Å²) in [6.45, 7) is 16.2. The van der Waals surface area contributed by atoms with E-state index >= 15 is 0 Å². The minimum absolute atomic E-state index is 0.0986. The van der Waals surface area contributed by atoms with E-state index in [1.807, 2.05) is 0 Å². The number of aliphatic hydroxyl groups is 2. The number of carboxylic acid groups (broad SMARTS) is 1. The molecule has 1 aliphatic heterocycles. The van der Waals surface area contributed by atoms with Crippen molar-refractivity contribution >= 4 is 17.9 Å². The fourth-order valence-electron chi connectivity index (χ4n) is 11.8. The lowest BCUT2D eigenvalue weighted by atomic mass is 9.34. The van der Waals surface area contributed by atoms with Gasteiger partial charge in [-0.2, -0.15) is 0 Å². The van der Waals surface area contributed by atoms with Crippen LogP contribution in [0.1, 0.15) is 93.9 Å². The topological polar surface area (TPSA) is 149 Å².